The summed E-state index contributed by atoms with van der Waals surface area (Å²) in [6.45, 7) is 14.9. The van der Waals surface area contributed by atoms with Gasteiger partial charge < -0.3 is 41.1 Å². The number of piperidine rings is 1. The summed E-state index contributed by atoms with van der Waals surface area (Å²) >= 11 is 0. The van der Waals surface area contributed by atoms with Gasteiger partial charge in [-0.2, -0.15) is 0 Å². The van der Waals surface area contributed by atoms with Crippen LogP contribution in [0, 0.1) is 18.7 Å². The Morgan fingerprint density at radius 2 is 1.88 bits per heavy atom. The molecule has 41 heavy (non-hydrogen) atoms. The van der Waals surface area contributed by atoms with Crippen LogP contribution in [0.15, 0.2) is 61.5 Å². The second-order valence-corrected chi connectivity index (χ2v) is 10.9. The van der Waals surface area contributed by atoms with Crippen LogP contribution >= 0.6 is 0 Å². The van der Waals surface area contributed by atoms with Crippen LogP contribution < -0.4 is 10.6 Å². The van der Waals surface area contributed by atoms with Crippen LogP contribution in [0.25, 0.3) is 0 Å². The van der Waals surface area contributed by atoms with Crippen molar-refractivity contribution in [1.29, 1.82) is 0 Å². The summed E-state index contributed by atoms with van der Waals surface area (Å²) in [5.74, 6) is -7.40. The molecule has 1 saturated heterocycles. The topological polar surface area (TPSA) is 149 Å². The maximum Gasteiger partial charge on any atom is 0.263 e. The van der Waals surface area contributed by atoms with Crippen molar-refractivity contribution >= 4 is 11.6 Å². The van der Waals surface area contributed by atoms with E-state index in [-0.39, 0.29) is 25.5 Å². The Kier molecular flexibility index (Phi) is 10.3. The second kappa shape index (κ2) is 13.1. The van der Waals surface area contributed by atoms with Gasteiger partial charge in [0.1, 0.15) is 5.82 Å². The lowest BCUT2D eigenvalue weighted by Crippen LogP contribution is -2.74. The first-order valence-electron chi connectivity index (χ1n) is 13.4. The van der Waals surface area contributed by atoms with Gasteiger partial charge in [0.05, 0.1) is 12.3 Å². The molecular formula is C30H41FN4O6. The minimum Gasteiger partial charge on any atom is -0.395 e. The SMILES string of the molecule is C=CN(Cc1c(C)cccc1NCc1ccc(CN(CCO)CC(C)C)cc1F)C1C(=O)NC(=C)C(O)(O)C1(O)O. The molecule has 1 aliphatic heterocycles. The predicted molar refractivity (Wildman–Crippen MR) is 153 cm³/mol. The number of aryl methyl sites for hydroxylation is 1. The molecule has 0 saturated carbocycles. The summed E-state index contributed by atoms with van der Waals surface area (Å²) in [5, 5.41) is 56.5. The molecule has 10 nitrogen and oxygen atoms in total. The first-order chi connectivity index (χ1) is 19.2. The maximum absolute atomic E-state index is 15.1. The standard InChI is InChI=1S/C30H41FN4O6/c1-6-35(27-28(37)33-21(5)29(38,39)30(27,40)41)18-24-20(4)8-7-9-26(24)32-15-23-11-10-22(14-25(23)31)17-34(12-13-36)16-19(2)3/h6-11,14,19,27,32,36,38-41H,1,5,12-13,15-18H2,2-4H3,(H,33,37). The van der Waals surface area contributed by atoms with E-state index < -0.39 is 29.2 Å². The quantitative estimate of drug-likeness (QED) is 0.177. The number of hydrogen-bond donors (Lipinski definition) is 7. The van der Waals surface area contributed by atoms with Gasteiger partial charge in [-0.1, -0.05) is 51.3 Å². The molecule has 11 heteroatoms. The number of anilines is 1. The molecule has 7 N–H and O–H groups in total. The molecule has 1 fully saturated rings. The molecule has 0 aliphatic carbocycles. The van der Waals surface area contributed by atoms with E-state index in [1.165, 1.54) is 17.2 Å². The van der Waals surface area contributed by atoms with Crippen LogP contribution in [0.1, 0.15) is 36.1 Å². The Balaban J connectivity index is 1.80. The normalized spacial score (nSPS) is 18.0. The molecule has 0 bridgehead atoms. The van der Waals surface area contributed by atoms with E-state index in [9.17, 15) is 30.3 Å². The van der Waals surface area contributed by atoms with Crippen molar-refractivity contribution < 1.29 is 34.7 Å². The number of hydrogen-bond acceptors (Lipinski definition) is 9. The molecule has 1 atom stereocenters. The van der Waals surface area contributed by atoms with E-state index in [1.807, 2.05) is 19.1 Å². The van der Waals surface area contributed by atoms with Gasteiger partial charge in [0.25, 0.3) is 17.5 Å². The van der Waals surface area contributed by atoms with Crippen molar-refractivity contribution in [1.82, 2.24) is 15.1 Å². The van der Waals surface area contributed by atoms with Gasteiger partial charge in [-0.3, -0.25) is 9.69 Å². The molecule has 0 spiro atoms. The van der Waals surface area contributed by atoms with Gasteiger partial charge in [-0.05, 0) is 47.9 Å². The maximum atomic E-state index is 15.1. The fourth-order valence-corrected chi connectivity index (χ4v) is 4.98. The van der Waals surface area contributed by atoms with Crippen molar-refractivity contribution in [2.45, 2.75) is 58.0 Å². The smallest absolute Gasteiger partial charge is 0.263 e. The fourth-order valence-electron chi connectivity index (χ4n) is 4.98. The third-order valence-corrected chi connectivity index (χ3v) is 7.19. The zero-order valence-electron chi connectivity index (χ0n) is 23.8. The van der Waals surface area contributed by atoms with E-state index >= 15 is 4.39 Å². The fraction of sp³-hybridized carbons (Fsp3) is 0.433. The first-order valence-corrected chi connectivity index (χ1v) is 13.4. The summed E-state index contributed by atoms with van der Waals surface area (Å²) < 4.78 is 15.1. The molecule has 1 heterocycles. The zero-order chi connectivity index (χ0) is 30.5. The number of rotatable bonds is 13. The Labute approximate surface area is 240 Å². The molecule has 0 radical (unpaired) electrons. The highest BCUT2D eigenvalue weighted by Crippen LogP contribution is 2.35. The van der Waals surface area contributed by atoms with E-state index in [0.717, 1.165) is 17.7 Å². The number of halogens is 1. The van der Waals surface area contributed by atoms with Crippen LogP contribution in [-0.4, -0.2) is 78.6 Å². The van der Waals surface area contributed by atoms with Crippen LogP contribution in [-0.2, 0) is 24.4 Å². The molecular weight excluding hydrogens is 531 g/mol. The highest BCUT2D eigenvalue weighted by Gasteiger charge is 2.63. The highest BCUT2D eigenvalue weighted by molar-refractivity contribution is 5.86. The molecule has 2 aromatic carbocycles. The number of nitrogens with zero attached hydrogens (tertiary/aromatic N) is 2. The first kappa shape index (κ1) is 32.2. The molecule has 2 aromatic rings. The van der Waals surface area contributed by atoms with Crippen LogP contribution in [0.2, 0.25) is 0 Å². The number of benzene rings is 2. The summed E-state index contributed by atoms with van der Waals surface area (Å²) in [6, 6.07) is 8.62. The Morgan fingerprint density at radius 3 is 2.49 bits per heavy atom. The molecule has 0 aromatic heterocycles. The summed E-state index contributed by atoms with van der Waals surface area (Å²) in [5.41, 5.74) is 2.60. The number of carbonyl (C=O) groups excluding carboxylic acids is 1. The average molecular weight is 573 g/mol. The molecule has 1 amide bonds. The lowest BCUT2D eigenvalue weighted by atomic mass is 9.88. The van der Waals surface area contributed by atoms with Crippen molar-refractivity contribution in [3.63, 3.8) is 0 Å². The lowest BCUT2D eigenvalue weighted by Gasteiger charge is -2.48. The summed E-state index contributed by atoms with van der Waals surface area (Å²) in [4.78, 5) is 16.0. The van der Waals surface area contributed by atoms with Crippen molar-refractivity contribution in [3.8, 4) is 0 Å². The Bertz CT molecular complexity index is 1270. The third kappa shape index (κ3) is 7.13. The Hall–Kier alpha value is -3.32. The number of aliphatic hydroxyl groups is 5. The average Bonchev–Trinajstić information content (AvgIpc) is 2.87. The van der Waals surface area contributed by atoms with Gasteiger partial charge in [0, 0.05) is 44.0 Å². The largest absolute Gasteiger partial charge is 0.395 e. The minimum absolute atomic E-state index is 0.0263. The summed E-state index contributed by atoms with van der Waals surface area (Å²) in [6.07, 6.45) is 1.20. The van der Waals surface area contributed by atoms with E-state index in [4.69, 9.17) is 0 Å². The molecule has 1 aliphatic rings. The number of nitrogens with one attached hydrogen (secondary N) is 2. The number of carbonyl (C=O) groups is 1. The lowest BCUT2D eigenvalue weighted by molar-refractivity contribution is -0.359. The van der Waals surface area contributed by atoms with Crippen LogP contribution in [0.5, 0.6) is 0 Å². The highest BCUT2D eigenvalue weighted by atomic mass is 19.1. The molecule has 224 valence electrons. The monoisotopic (exact) mass is 572 g/mol. The van der Waals surface area contributed by atoms with Gasteiger partial charge >= 0.3 is 0 Å². The van der Waals surface area contributed by atoms with Gasteiger partial charge in [0.2, 0.25) is 0 Å². The van der Waals surface area contributed by atoms with Crippen LogP contribution in [0.4, 0.5) is 10.1 Å². The minimum atomic E-state index is -3.30. The third-order valence-electron chi connectivity index (χ3n) is 7.19. The number of aliphatic hydroxyl groups excluding tert-OH is 1. The second-order valence-electron chi connectivity index (χ2n) is 10.9. The Morgan fingerprint density at radius 1 is 1.17 bits per heavy atom. The van der Waals surface area contributed by atoms with Gasteiger partial charge in [0.15, 0.2) is 6.04 Å². The van der Waals surface area contributed by atoms with Gasteiger partial charge in [-0.25, -0.2) is 4.39 Å². The van der Waals surface area contributed by atoms with Crippen molar-refractivity contribution in [2.24, 2.45) is 5.92 Å². The predicted octanol–water partition coefficient (Wildman–Crippen LogP) is 1.52. The van der Waals surface area contributed by atoms with Crippen molar-refractivity contribution in [2.75, 3.05) is 25.0 Å². The van der Waals surface area contributed by atoms with Crippen LogP contribution in [0.3, 0.4) is 0 Å². The van der Waals surface area contributed by atoms with E-state index in [1.54, 1.807) is 18.2 Å². The molecule has 3 rings (SSSR count). The van der Waals surface area contributed by atoms with E-state index in [2.05, 4.69) is 42.5 Å². The van der Waals surface area contributed by atoms with Gasteiger partial charge in [-0.15, -0.1) is 0 Å². The zero-order valence-corrected chi connectivity index (χ0v) is 23.8. The molecule has 1 unspecified atom stereocenters. The summed E-state index contributed by atoms with van der Waals surface area (Å²) in [7, 11) is 0. The van der Waals surface area contributed by atoms with Crippen molar-refractivity contribution in [3.05, 3.63) is 89.5 Å². The number of amides is 1. The van der Waals surface area contributed by atoms with E-state index in [0.29, 0.717) is 35.8 Å².